The van der Waals surface area contributed by atoms with Gasteiger partial charge in [0, 0.05) is 17.8 Å². The minimum atomic E-state index is 0. The highest BCUT2D eigenvalue weighted by Crippen LogP contribution is 2.26. The lowest BCUT2D eigenvalue weighted by Crippen LogP contribution is -2.47. The van der Waals surface area contributed by atoms with Crippen molar-refractivity contribution in [2.45, 2.75) is 19.6 Å². The fourth-order valence-electron chi connectivity index (χ4n) is 2.45. The van der Waals surface area contributed by atoms with Crippen LogP contribution in [0.3, 0.4) is 0 Å². The number of guanidine groups is 1. The van der Waals surface area contributed by atoms with E-state index < -0.39 is 0 Å². The first kappa shape index (κ1) is 16.5. The third kappa shape index (κ3) is 3.87. The summed E-state index contributed by atoms with van der Waals surface area (Å²) in [5, 5.41) is 3.45. The van der Waals surface area contributed by atoms with Gasteiger partial charge in [0.05, 0.1) is 19.3 Å². The molecule has 0 radical (unpaired) electrons. The van der Waals surface area contributed by atoms with E-state index in [1.54, 1.807) is 11.3 Å². The number of hydrogen-bond donors (Lipinski definition) is 1. The number of aliphatic imine (C=N–C) groups is 1. The number of fused-ring (bicyclic) bond motifs is 1. The van der Waals surface area contributed by atoms with Gasteiger partial charge in [-0.2, -0.15) is 0 Å². The molecule has 1 fully saturated rings. The number of rotatable bonds is 2. The SMILES string of the molecule is CC1CN(C(N)=NCc2csc3ccccc23)CCO1.I. The van der Waals surface area contributed by atoms with Crippen LogP contribution in [0.4, 0.5) is 0 Å². The van der Waals surface area contributed by atoms with E-state index in [-0.39, 0.29) is 30.1 Å². The number of nitrogens with zero attached hydrogens (tertiary/aromatic N) is 2. The summed E-state index contributed by atoms with van der Waals surface area (Å²) in [6.45, 7) is 5.07. The molecule has 4 nitrogen and oxygen atoms in total. The smallest absolute Gasteiger partial charge is 0.191 e. The van der Waals surface area contributed by atoms with E-state index in [9.17, 15) is 0 Å². The Labute approximate surface area is 146 Å². The van der Waals surface area contributed by atoms with Crippen LogP contribution in [0.2, 0.25) is 0 Å². The molecular formula is C15H20IN3OS. The summed E-state index contributed by atoms with van der Waals surface area (Å²) in [4.78, 5) is 6.65. The molecule has 1 atom stereocenters. The predicted molar refractivity (Wildman–Crippen MR) is 99.6 cm³/mol. The van der Waals surface area contributed by atoms with E-state index in [4.69, 9.17) is 10.5 Å². The van der Waals surface area contributed by atoms with Crippen molar-refractivity contribution < 1.29 is 4.74 Å². The monoisotopic (exact) mass is 417 g/mol. The van der Waals surface area contributed by atoms with Gasteiger partial charge in [-0.3, -0.25) is 0 Å². The first-order chi connectivity index (χ1) is 9.74. The standard InChI is InChI=1S/C15H19N3OS.HI/c1-11-9-18(6-7-19-11)15(16)17-8-12-10-20-14-5-3-2-4-13(12)14;/h2-5,10-11H,6-9H2,1H3,(H2,16,17);1H. The highest BCUT2D eigenvalue weighted by Gasteiger charge is 2.17. The number of benzene rings is 1. The van der Waals surface area contributed by atoms with Crippen LogP contribution in [0.15, 0.2) is 34.6 Å². The predicted octanol–water partition coefficient (Wildman–Crippen LogP) is 3.05. The maximum atomic E-state index is 6.10. The Morgan fingerprint density at radius 1 is 1.48 bits per heavy atom. The van der Waals surface area contributed by atoms with Crippen molar-refractivity contribution in [3.63, 3.8) is 0 Å². The molecule has 0 bridgehead atoms. The molecule has 3 rings (SSSR count). The molecule has 1 aliphatic rings. The van der Waals surface area contributed by atoms with Crippen LogP contribution in [0.25, 0.3) is 10.1 Å². The third-order valence-corrected chi connectivity index (χ3v) is 4.55. The molecule has 0 aliphatic carbocycles. The molecule has 1 aromatic carbocycles. The number of thiophene rings is 1. The number of halogens is 1. The van der Waals surface area contributed by atoms with Gasteiger partial charge in [0.15, 0.2) is 5.96 Å². The number of hydrogen-bond acceptors (Lipinski definition) is 3. The minimum Gasteiger partial charge on any atom is -0.375 e. The molecule has 21 heavy (non-hydrogen) atoms. The average Bonchev–Trinajstić information content (AvgIpc) is 2.88. The van der Waals surface area contributed by atoms with Gasteiger partial charge in [-0.1, -0.05) is 18.2 Å². The largest absolute Gasteiger partial charge is 0.375 e. The summed E-state index contributed by atoms with van der Waals surface area (Å²) in [5.41, 5.74) is 7.34. The second-order valence-corrected chi connectivity index (χ2v) is 5.97. The van der Waals surface area contributed by atoms with Gasteiger partial charge in [-0.25, -0.2) is 4.99 Å². The van der Waals surface area contributed by atoms with Crippen molar-refractivity contribution in [1.29, 1.82) is 0 Å². The lowest BCUT2D eigenvalue weighted by molar-refractivity contribution is 0.00529. The Kier molecular flexibility index (Phi) is 5.83. The molecule has 1 aliphatic heterocycles. The molecule has 1 unspecified atom stereocenters. The molecule has 0 amide bonds. The summed E-state index contributed by atoms with van der Waals surface area (Å²) in [6.07, 6.45) is 0.222. The highest BCUT2D eigenvalue weighted by molar-refractivity contribution is 14.0. The first-order valence-electron chi connectivity index (χ1n) is 6.85. The fourth-order valence-corrected chi connectivity index (χ4v) is 3.40. The molecule has 2 heterocycles. The quantitative estimate of drug-likeness (QED) is 0.464. The second-order valence-electron chi connectivity index (χ2n) is 5.06. The maximum absolute atomic E-state index is 6.10. The van der Waals surface area contributed by atoms with E-state index in [1.807, 2.05) is 0 Å². The summed E-state index contributed by atoms with van der Waals surface area (Å²) in [6, 6.07) is 8.41. The normalized spacial score (nSPS) is 19.6. The molecule has 2 N–H and O–H groups in total. The zero-order valence-corrected chi connectivity index (χ0v) is 15.1. The summed E-state index contributed by atoms with van der Waals surface area (Å²) in [7, 11) is 0. The van der Waals surface area contributed by atoms with E-state index in [0.29, 0.717) is 12.5 Å². The van der Waals surface area contributed by atoms with Gasteiger partial charge >= 0.3 is 0 Å². The van der Waals surface area contributed by atoms with E-state index in [2.05, 4.69) is 46.5 Å². The van der Waals surface area contributed by atoms with Crippen LogP contribution in [0.1, 0.15) is 12.5 Å². The van der Waals surface area contributed by atoms with Crippen LogP contribution in [-0.4, -0.2) is 36.7 Å². The van der Waals surface area contributed by atoms with Crippen LogP contribution in [0.5, 0.6) is 0 Å². The van der Waals surface area contributed by atoms with Crippen molar-refractivity contribution in [1.82, 2.24) is 4.90 Å². The average molecular weight is 417 g/mol. The molecule has 114 valence electrons. The molecule has 6 heteroatoms. The minimum absolute atomic E-state index is 0. The van der Waals surface area contributed by atoms with Crippen LogP contribution >= 0.6 is 35.3 Å². The van der Waals surface area contributed by atoms with Gasteiger partial charge in [-0.15, -0.1) is 35.3 Å². The fraction of sp³-hybridized carbons (Fsp3) is 0.400. The Hall–Kier alpha value is -0.860. The molecule has 2 aromatic rings. The van der Waals surface area contributed by atoms with Gasteiger partial charge < -0.3 is 15.4 Å². The topological polar surface area (TPSA) is 50.8 Å². The van der Waals surface area contributed by atoms with Crippen molar-refractivity contribution in [3.05, 3.63) is 35.2 Å². The Morgan fingerprint density at radius 3 is 3.10 bits per heavy atom. The third-order valence-electron chi connectivity index (χ3n) is 3.54. The zero-order chi connectivity index (χ0) is 13.9. The highest BCUT2D eigenvalue weighted by atomic mass is 127. The molecule has 1 aromatic heterocycles. The summed E-state index contributed by atoms with van der Waals surface area (Å²) >= 11 is 1.76. The molecule has 0 spiro atoms. The van der Waals surface area contributed by atoms with E-state index in [0.717, 1.165) is 19.7 Å². The lowest BCUT2D eigenvalue weighted by Gasteiger charge is -2.31. The van der Waals surface area contributed by atoms with Gasteiger partial charge in [0.25, 0.3) is 0 Å². The second kappa shape index (κ2) is 7.42. The van der Waals surface area contributed by atoms with Crippen molar-refractivity contribution in [2.24, 2.45) is 10.7 Å². The van der Waals surface area contributed by atoms with Gasteiger partial charge in [-0.05, 0) is 29.3 Å². The lowest BCUT2D eigenvalue weighted by atomic mass is 10.2. The van der Waals surface area contributed by atoms with Crippen molar-refractivity contribution >= 4 is 51.4 Å². The van der Waals surface area contributed by atoms with Gasteiger partial charge in [0.1, 0.15) is 0 Å². The van der Waals surface area contributed by atoms with Crippen LogP contribution < -0.4 is 5.73 Å². The molecule has 0 saturated carbocycles. The molecule has 1 saturated heterocycles. The van der Waals surface area contributed by atoms with E-state index >= 15 is 0 Å². The Bertz CT molecular complexity index is 628. The number of nitrogens with two attached hydrogens (primary N) is 1. The molecular weight excluding hydrogens is 397 g/mol. The number of morpholine rings is 1. The van der Waals surface area contributed by atoms with Crippen LogP contribution in [-0.2, 0) is 11.3 Å². The maximum Gasteiger partial charge on any atom is 0.191 e. The summed E-state index contributed by atoms with van der Waals surface area (Å²) < 4.78 is 6.82. The Morgan fingerprint density at radius 2 is 2.29 bits per heavy atom. The van der Waals surface area contributed by atoms with E-state index in [1.165, 1.54) is 15.6 Å². The Balaban J connectivity index is 0.00000161. The van der Waals surface area contributed by atoms with Gasteiger partial charge in [0.2, 0.25) is 0 Å². The van der Waals surface area contributed by atoms with Crippen molar-refractivity contribution in [3.8, 4) is 0 Å². The zero-order valence-electron chi connectivity index (χ0n) is 12.0. The number of ether oxygens (including phenoxy) is 1. The summed E-state index contributed by atoms with van der Waals surface area (Å²) in [5.74, 6) is 0.621. The first-order valence-corrected chi connectivity index (χ1v) is 7.73. The van der Waals surface area contributed by atoms with Crippen LogP contribution in [0, 0.1) is 0 Å². The van der Waals surface area contributed by atoms with Crippen molar-refractivity contribution in [2.75, 3.05) is 19.7 Å².